The molecule has 9 nitrogen and oxygen atoms in total. The minimum Gasteiger partial charge on any atom is -0.378 e. The highest BCUT2D eigenvalue weighted by Gasteiger charge is 2.45. The predicted octanol–water partition coefficient (Wildman–Crippen LogP) is 2.64. The molecule has 1 unspecified atom stereocenters. The molecule has 0 aromatic carbocycles. The molecule has 14 heteroatoms. The van der Waals surface area contributed by atoms with E-state index in [1.807, 2.05) is 4.90 Å². The Labute approximate surface area is 209 Å². The van der Waals surface area contributed by atoms with Gasteiger partial charge in [-0.1, -0.05) is 0 Å². The number of hydrogen-bond acceptors (Lipinski definition) is 7. The molecule has 4 heterocycles. The van der Waals surface area contributed by atoms with Crippen molar-refractivity contribution in [2.45, 2.75) is 56.7 Å². The van der Waals surface area contributed by atoms with Crippen LogP contribution in [0.25, 0.3) is 5.78 Å². The van der Waals surface area contributed by atoms with Gasteiger partial charge in [0.15, 0.2) is 5.82 Å². The van der Waals surface area contributed by atoms with Crippen LogP contribution in [0.5, 0.6) is 0 Å². The number of nitrogens with zero attached hydrogens (tertiary/aromatic N) is 5. The third kappa shape index (κ3) is 5.64. The van der Waals surface area contributed by atoms with Crippen molar-refractivity contribution < 1.29 is 31.5 Å². The van der Waals surface area contributed by atoms with E-state index in [2.05, 4.69) is 20.4 Å². The number of morpholine rings is 1. The Bertz CT molecular complexity index is 1120. The first-order valence-electron chi connectivity index (χ1n) is 12.6. The van der Waals surface area contributed by atoms with Crippen LogP contribution in [0, 0.1) is 17.8 Å². The van der Waals surface area contributed by atoms with E-state index in [9.17, 15) is 26.7 Å². The van der Waals surface area contributed by atoms with E-state index in [1.54, 1.807) is 6.20 Å². The van der Waals surface area contributed by atoms with E-state index in [1.165, 1.54) is 4.52 Å². The van der Waals surface area contributed by atoms with E-state index < -0.39 is 42.4 Å². The molecule has 3 atom stereocenters. The number of halogens is 5. The normalized spacial score (nSPS) is 26.3. The lowest BCUT2D eigenvalue weighted by Gasteiger charge is -2.32. The number of hydrogen-bond donors (Lipinski definition) is 2. The maximum atomic E-state index is 13.6. The molecular weight excluding hydrogens is 501 g/mol. The molecule has 37 heavy (non-hydrogen) atoms. The van der Waals surface area contributed by atoms with E-state index >= 15 is 0 Å². The maximum absolute atomic E-state index is 13.6. The van der Waals surface area contributed by atoms with Crippen molar-refractivity contribution in [1.82, 2.24) is 24.9 Å². The zero-order chi connectivity index (χ0) is 26.4. The molecule has 2 saturated heterocycles. The molecule has 2 aliphatic heterocycles. The quantitative estimate of drug-likeness (QED) is 0.571. The lowest BCUT2D eigenvalue weighted by atomic mass is 9.81. The van der Waals surface area contributed by atoms with Gasteiger partial charge in [-0.25, -0.2) is 18.3 Å². The Balaban J connectivity index is 1.44. The van der Waals surface area contributed by atoms with Crippen LogP contribution in [-0.4, -0.2) is 70.4 Å². The number of fused-ring (bicyclic) bond motifs is 1. The maximum Gasteiger partial charge on any atom is 0.393 e. The summed E-state index contributed by atoms with van der Waals surface area (Å²) >= 11 is 0. The number of piperidine rings is 1. The topological polar surface area (TPSA) is 111 Å². The summed E-state index contributed by atoms with van der Waals surface area (Å²) in [6.45, 7) is 1.47. The van der Waals surface area contributed by atoms with Crippen LogP contribution >= 0.6 is 0 Å². The summed E-state index contributed by atoms with van der Waals surface area (Å²) in [6, 6.07) is -0.577. The van der Waals surface area contributed by atoms with Gasteiger partial charge in [-0.05, 0) is 25.2 Å². The highest BCUT2D eigenvalue weighted by atomic mass is 19.4. The summed E-state index contributed by atoms with van der Waals surface area (Å²) < 4.78 is 74.1. The first-order valence-corrected chi connectivity index (χ1v) is 12.6. The van der Waals surface area contributed by atoms with Gasteiger partial charge in [-0.3, -0.25) is 4.79 Å². The Kier molecular flexibility index (Phi) is 6.98. The molecule has 3 aliphatic rings. The minimum absolute atomic E-state index is 0.0225. The number of rotatable bonds is 5. The van der Waals surface area contributed by atoms with Crippen molar-refractivity contribution >= 4 is 17.5 Å². The summed E-state index contributed by atoms with van der Waals surface area (Å²) in [5.74, 6) is -5.12. The average molecular weight is 532 g/mol. The van der Waals surface area contributed by atoms with E-state index in [4.69, 9.17) is 10.5 Å². The third-order valence-electron chi connectivity index (χ3n) is 7.67. The fourth-order valence-corrected chi connectivity index (χ4v) is 5.41. The SMILES string of the molecule is N[C@H](c1cn2nc(CC3C[C@@H](C(F)(F)F)CNC3=O)c(N3CCOCC3)nc2n1)C1CCC(F)(F)CC1. The van der Waals surface area contributed by atoms with Gasteiger partial charge in [0.1, 0.15) is 5.69 Å². The number of imidazole rings is 1. The van der Waals surface area contributed by atoms with Crippen LogP contribution in [0.2, 0.25) is 0 Å². The van der Waals surface area contributed by atoms with Crippen LogP contribution in [0.4, 0.5) is 27.8 Å². The van der Waals surface area contributed by atoms with Gasteiger partial charge in [-0.15, -0.1) is 0 Å². The second-order valence-corrected chi connectivity index (χ2v) is 10.2. The smallest absolute Gasteiger partial charge is 0.378 e. The number of alkyl halides is 5. The summed E-state index contributed by atoms with van der Waals surface area (Å²) in [4.78, 5) is 23.6. The lowest BCUT2D eigenvalue weighted by molar-refractivity contribution is -0.183. The molecule has 1 amide bonds. The molecule has 3 fully saturated rings. The van der Waals surface area contributed by atoms with Gasteiger partial charge in [-0.2, -0.15) is 23.3 Å². The third-order valence-corrected chi connectivity index (χ3v) is 7.67. The predicted molar refractivity (Wildman–Crippen MR) is 122 cm³/mol. The van der Waals surface area contributed by atoms with Crippen molar-refractivity contribution in [2.75, 3.05) is 37.7 Å². The Morgan fingerprint density at radius 3 is 2.57 bits per heavy atom. The van der Waals surface area contributed by atoms with Gasteiger partial charge < -0.3 is 20.7 Å². The van der Waals surface area contributed by atoms with Gasteiger partial charge in [0.25, 0.3) is 5.78 Å². The largest absolute Gasteiger partial charge is 0.393 e. The molecule has 1 aliphatic carbocycles. The second kappa shape index (κ2) is 9.93. The van der Waals surface area contributed by atoms with Crippen LogP contribution < -0.4 is 16.0 Å². The minimum atomic E-state index is -4.41. The lowest BCUT2D eigenvalue weighted by Crippen LogP contribution is -2.47. The molecule has 0 radical (unpaired) electrons. The van der Waals surface area contributed by atoms with Gasteiger partial charge >= 0.3 is 6.18 Å². The summed E-state index contributed by atoms with van der Waals surface area (Å²) in [7, 11) is 0. The fourth-order valence-electron chi connectivity index (χ4n) is 5.41. The number of carbonyl (C=O) groups is 1. The number of nitrogens with two attached hydrogens (primary N) is 1. The molecule has 204 valence electrons. The number of anilines is 1. The monoisotopic (exact) mass is 531 g/mol. The van der Waals surface area contributed by atoms with Gasteiger partial charge in [0.05, 0.1) is 37.1 Å². The highest BCUT2D eigenvalue weighted by molar-refractivity contribution is 5.80. The summed E-state index contributed by atoms with van der Waals surface area (Å²) in [5, 5.41) is 6.99. The molecule has 1 saturated carbocycles. The van der Waals surface area contributed by atoms with E-state index in [-0.39, 0.29) is 50.2 Å². The van der Waals surface area contributed by atoms with E-state index in [0.717, 1.165) is 0 Å². The first kappa shape index (κ1) is 26.0. The number of nitrogens with one attached hydrogen (secondary N) is 1. The van der Waals surface area contributed by atoms with Gasteiger partial charge in [0.2, 0.25) is 11.8 Å². The molecule has 2 aromatic heterocycles. The van der Waals surface area contributed by atoms with Crippen molar-refractivity contribution in [2.24, 2.45) is 23.5 Å². The number of aromatic nitrogens is 4. The molecule has 5 rings (SSSR count). The Hall–Kier alpha value is -2.61. The molecular formula is C23H30F5N7O2. The van der Waals surface area contributed by atoms with Crippen molar-refractivity contribution in [3.63, 3.8) is 0 Å². The van der Waals surface area contributed by atoms with Crippen LogP contribution in [0.3, 0.4) is 0 Å². The molecule has 0 bridgehead atoms. The van der Waals surface area contributed by atoms with Crippen LogP contribution in [0.15, 0.2) is 6.20 Å². The standard InChI is InChI=1S/C23H30F5N7O2/c24-22(25)3-1-13(2-4-22)18(29)17-12-35-21(31-17)32-19(34-5-7-37-8-6-34)16(33-35)10-14-9-15(23(26,27)28)11-30-20(14)36/h12-15,18H,1-11,29H2,(H,30,36)/t14?,15-,18+/m1/s1. The summed E-state index contributed by atoms with van der Waals surface area (Å²) in [6.07, 6.45) is -3.05. The van der Waals surface area contributed by atoms with Crippen molar-refractivity contribution in [1.29, 1.82) is 0 Å². The average Bonchev–Trinajstić information content (AvgIpc) is 3.27. The summed E-state index contributed by atoms with van der Waals surface area (Å²) in [5.41, 5.74) is 7.25. The number of carbonyl (C=O) groups excluding carboxylic acids is 1. The second-order valence-electron chi connectivity index (χ2n) is 10.2. The number of ether oxygens (including phenoxy) is 1. The highest BCUT2D eigenvalue weighted by Crippen LogP contribution is 2.40. The zero-order valence-electron chi connectivity index (χ0n) is 20.2. The molecule has 2 aromatic rings. The fraction of sp³-hybridized carbons (Fsp3) is 0.739. The van der Waals surface area contributed by atoms with E-state index in [0.29, 0.717) is 43.5 Å². The zero-order valence-corrected chi connectivity index (χ0v) is 20.2. The Morgan fingerprint density at radius 2 is 1.89 bits per heavy atom. The first-order chi connectivity index (χ1) is 17.5. The van der Waals surface area contributed by atoms with Crippen molar-refractivity contribution in [3.05, 3.63) is 17.6 Å². The van der Waals surface area contributed by atoms with Crippen LogP contribution in [0.1, 0.15) is 49.5 Å². The Morgan fingerprint density at radius 1 is 1.19 bits per heavy atom. The van der Waals surface area contributed by atoms with Crippen molar-refractivity contribution in [3.8, 4) is 0 Å². The van der Waals surface area contributed by atoms with Crippen LogP contribution in [-0.2, 0) is 16.0 Å². The van der Waals surface area contributed by atoms with Gasteiger partial charge in [0, 0.05) is 44.8 Å². The molecule has 0 spiro atoms. The molecule has 3 N–H and O–H groups in total. The number of amides is 1.